The molecule has 1 unspecified atom stereocenters. The van der Waals surface area contributed by atoms with E-state index in [4.69, 9.17) is 23.2 Å². The fraction of sp³-hybridized carbons (Fsp3) is 0.222. The summed E-state index contributed by atoms with van der Waals surface area (Å²) in [6.45, 7) is 4.00. The highest BCUT2D eigenvalue weighted by Gasteiger charge is 2.22. The molecule has 0 aliphatic rings. The Morgan fingerprint density at radius 2 is 1.77 bits per heavy atom. The van der Waals surface area contributed by atoms with E-state index in [2.05, 4.69) is 34.6 Å². The molecule has 1 N–H and O–H groups in total. The standard InChI is InChI=1S/C27H26Cl2N4OS/c1-18-8-6-7-11-21(18)17-35-27-32-31-26(33(27)24-14-13-22(28)16-23(24)29)19(2)30-25(34)15-12-20-9-4-3-5-10-20/h3-11,13-14,16,19H,12,15,17H2,1-2H3,(H,30,34). The molecule has 35 heavy (non-hydrogen) atoms. The number of hydrogen-bond donors (Lipinski definition) is 1. The first-order valence-corrected chi connectivity index (χ1v) is 13.1. The maximum atomic E-state index is 12.7. The van der Waals surface area contributed by atoms with Gasteiger partial charge in [0.25, 0.3) is 0 Å². The van der Waals surface area contributed by atoms with Gasteiger partial charge in [0.1, 0.15) is 0 Å². The van der Waals surface area contributed by atoms with E-state index in [1.165, 1.54) is 11.1 Å². The predicted octanol–water partition coefficient (Wildman–Crippen LogP) is 6.98. The Balaban J connectivity index is 1.57. The van der Waals surface area contributed by atoms with Crippen molar-refractivity contribution >= 4 is 40.9 Å². The van der Waals surface area contributed by atoms with Crippen LogP contribution in [-0.2, 0) is 17.0 Å². The van der Waals surface area contributed by atoms with Gasteiger partial charge in [0.2, 0.25) is 5.91 Å². The van der Waals surface area contributed by atoms with Gasteiger partial charge in [-0.15, -0.1) is 10.2 Å². The van der Waals surface area contributed by atoms with Crippen LogP contribution in [0.2, 0.25) is 10.0 Å². The smallest absolute Gasteiger partial charge is 0.220 e. The number of nitrogens with zero attached hydrogens (tertiary/aromatic N) is 3. The molecule has 4 rings (SSSR count). The Kier molecular flexibility index (Phi) is 8.50. The summed E-state index contributed by atoms with van der Waals surface area (Å²) in [5, 5.41) is 13.7. The lowest BCUT2D eigenvalue weighted by Gasteiger charge is -2.17. The van der Waals surface area contributed by atoms with Gasteiger partial charge in [-0.1, -0.05) is 89.6 Å². The summed E-state index contributed by atoms with van der Waals surface area (Å²) in [6, 6.07) is 23.2. The third kappa shape index (κ3) is 6.45. The van der Waals surface area contributed by atoms with Gasteiger partial charge in [-0.3, -0.25) is 9.36 Å². The Labute approximate surface area is 219 Å². The number of aryl methyl sites for hydroxylation is 2. The van der Waals surface area contributed by atoms with Crippen LogP contribution in [0.5, 0.6) is 0 Å². The minimum absolute atomic E-state index is 0.0489. The molecule has 4 aromatic rings. The van der Waals surface area contributed by atoms with Gasteiger partial charge in [-0.2, -0.15) is 0 Å². The first kappa shape index (κ1) is 25.3. The molecular formula is C27H26Cl2N4OS. The molecule has 0 spiro atoms. The fourth-order valence-electron chi connectivity index (χ4n) is 3.74. The van der Waals surface area contributed by atoms with Gasteiger partial charge >= 0.3 is 0 Å². The number of halogens is 2. The molecule has 5 nitrogen and oxygen atoms in total. The van der Waals surface area contributed by atoms with Gasteiger partial charge in [0.05, 0.1) is 16.8 Å². The summed E-state index contributed by atoms with van der Waals surface area (Å²) in [4.78, 5) is 12.7. The van der Waals surface area contributed by atoms with Crippen LogP contribution in [0.1, 0.15) is 41.9 Å². The molecule has 1 atom stereocenters. The van der Waals surface area contributed by atoms with Gasteiger partial charge in [-0.05, 0) is 55.2 Å². The van der Waals surface area contributed by atoms with Gasteiger partial charge in [0.15, 0.2) is 11.0 Å². The van der Waals surface area contributed by atoms with Crippen molar-refractivity contribution in [2.45, 2.75) is 43.6 Å². The van der Waals surface area contributed by atoms with Crippen LogP contribution in [0.4, 0.5) is 0 Å². The molecule has 0 saturated carbocycles. The number of carbonyl (C=O) groups is 1. The van der Waals surface area contributed by atoms with E-state index in [1.807, 2.05) is 60.0 Å². The summed E-state index contributed by atoms with van der Waals surface area (Å²) in [5.41, 5.74) is 4.28. The molecule has 8 heteroatoms. The average molecular weight is 526 g/mol. The van der Waals surface area contributed by atoms with Crippen molar-refractivity contribution in [1.29, 1.82) is 0 Å². The number of amides is 1. The number of carbonyl (C=O) groups excluding carboxylic acids is 1. The minimum Gasteiger partial charge on any atom is -0.346 e. The van der Waals surface area contributed by atoms with Gasteiger partial charge in [0, 0.05) is 17.2 Å². The maximum absolute atomic E-state index is 12.7. The SMILES string of the molecule is Cc1ccccc1CSc1nnc(C(C)NC(=O)CCc2ccccc2)n1-c1ccc(Cl)cc1Cl. The largest absolute Gasteiger partial charge is 0.346 e. The zero-order valence-electron chi connectivity index (χ0n) is 19.5. The number of nitrogens with one attached hydrogen (secondary N) is 1. The van der Waals surface area contributed by atoms with Crippen molar-refractivity contribution in [2.75, 3.05) is 0 Å². The van der Waals surface area contributed by atoms with E-state index < -0.39 is 0 Å². The van der Waals surface area contributed by atoms with Crippen LogP contribution in [-0.4, -0.2) is 20.7 Å². The molecule has 0 aliphatic heterocycles. The highest BCUT2D eigenvalue weighted by molar-refractivity contribution is 7.98. The molecule has 0 bridgehead atoms. The third-order valence-corrected chi connectivity index (χ3v) is 7.19. The monoisotopic (exact) mass is 524 g/mol. The number of aromatic nitrogens is 3. The summed E-state index contributed by atoms with van der Waals surface area (Å²) >= 11 is 14.3. The third-order valence-electron chi connectivity index (χ3n) is 5.68. The van der Waals surface area contributed by atoms with Crippen molar-refractivity contribution < 1.29 is 4.79 Å². The predicted molar refractivity (Wildman–Crippen MR) is 143 cm³/mol. The lowest BCUT2D eigenvalue weighted by atomic mass is 10.1. The van der Waals surface area contributed by atoms with E-state index in [0.717, 1.165) is 11.3 Å². The van der Waals surface area contributed by atoms with Crippen molar-refractivity contribution in [3.05, 3.63) is 105 Å². The topological polar surface area (TPSA) is 59.8 Å². The second-order valence-corrected chi connectivity index (χ2v) is 10.0. The van der Waals surface area contributed by atoms with Crippen LogP contribution in [0.3, 0.4) is 0 Å². The molecule has 3 aromatic carbocycles. The Morgan fingerprint density at radius 1 is 1.03 bits per heavy atom. The van der Waals surface area contributed by atoms with Crippen LogP contribution in [0.15, 0.2) is 78.0 Å². The molecular weight excluding hydrogens is 499 g/mol. The highest BCUT2D eigenvalue weighted by atomic mass is 35.5. The minimum atomic E-state index is -0.370. The maximum Gasteiger partial charge on any atom is 0.220 e. The van der Waals surface area contributed by atoms with E-state index >= 15 is 0 Å². The van der Waals surface area contributed by atoms with Crippen molar-refractivity contribution in [1.82, 2.24) is 20.1 Å². The van der Waals surface area contributed by atoms with Crippen LogP contribution < -0.4 is 5.32 Å². The van der Waals surface area contributed by atoms with Crippen LogP contribution >= 0.6 is 35.0 Å². The summed E-state index contributed by atoms with van der Waals surface area (Å²) < 4.78 is 1.91. The van der Waals surface area contributed by atoms with Crippen molar-refractivity contribution in [3.8, 4) is 5.69 Å². The zero-order valence-corrected chi connectivity index (χ0v) is 21.9. The van der Waals surface area contributed by atoms with Gasteiger partial charge < -0.3 is 5.32 Å². The first-order valence-electron chi connectivity index (χ1n) is 11.3. The van der Waals surface area contributed by atoms with Gasteiger partial charge in [-0.25, -0.2) is 0 Å². The molecule has 0 fully saturated rings. The zero-order chi connectivity index (χ0) is 24.8. The van der Waals surface area contributed by atoms with E-state index in [0.29, 0.717) is 39.6 Å². The van der Waals surface area contributed by atoms with E-state index in [-0.39, 0.29) is 11.9 Å². The normalized spacial score (nSPS) is 11.9. The number of benzene rings is 3. The van der Waals surface area contributed by atoms with Crippen molar-refractivity contribution in [3.63, 3.8) is 0 Å². The second-order valence-electron chi connectivity index (χ2n) is 8.26. The van der Waals surface area contributed by atoms with Crippen LogP contribution in [0, 0.1) is 6.92 Å². The van der Waals surface area contributed by atoms with Crippen LogP contribution in [0.25, 0.3) is 5.69 Å². The Morgan fingerprint density at radius 3 is 2.51 bits per heavy atom. The fourth-order valence-corrected chi connectivity index (χ4v) is 5.26. The Bertz CT molecular complexity index is 1310. The quantitative estimate of drug-likeness (QED) is 0.240. The molecule has 1 amide bonds. The highest BCUT2D eigenvalue weighted by Crippen LogP contribution is 2.32. The second kappa shape index (κ2) is 11.8. The molecule has 1 aromatic heterocycles. The number of thioether (sulfide) groups is 1. The summed E-state index contributed by atoms with van der Waals surface area (Å²) in [5.74, 6) is 1.29. The van der Waals surface area contributed by atoms with E-state index in [1.54, 1.807) is 23.9 Å². The number of rotatable bonds is 9. The molecule has 180 valence electrons. The summed E-state index contributed by atoms with van der Waals surface area (Å²) in [6.07, 6.45) is 1.06. The van der Waals surface area contributed by atoms with E-state index in [9.17, 15) is 4.79 Å². The van der Waals surface area contributed by atoms with Crippen molar-refractivity contribution in [2.24, 2.45) is 0 Å². The molecule has 0 saturated heterocycles. The molecule has 0 aliphatic carbocycles. The molecule has 0 radical (unpaired) electrons. The summed E-state index contributed by atoms with van der Waals surface area (Å²) in [7, 11) is 0. The average Bonchev–Trinajstić information content (AvgIpc) is 3.27. The number of hydrogen-bond acceptors (Lipinski definition) is 4. The lowest BCUT2D eigenvalue weighted by Crippen LogP contribution is -2.28. The first-order chi connectivity index (χ1) is 16.9. The Hall–Kier alpha value is -2.80. The molecule has 1 heterocycles. The lowest BCUT2D eigenvalue weighted by molar-refractivity contribution is -0.121.